The molecule has 0 aliphatic carbocycles. The van der Waals surface area contributed by atoms with E-state index in [0.717, 1.165) is 35.3 Å². The van der Waals surface area contributed by atoms with Gasteiger partial charge in [-0.2, -0.15) is 5.10 Å². The number of halogens is 1. The lowest BCUT2D eigenvalue weighted by Crippen LogP contribution is -2.41. The molecule has 1 aliphatic heterocycles. The SMILES string of the molecule is Cc1nn2c(nc(NC3CCN(S(C)(=O)=O)CC3)c3ccccc32)c1Cl. The molecule has 1 aromatic carbocycles. The number of para-hydroxylation sites is 1. The summed E-state index contributed by atoms with van der Waals surface area (Å²) in [6.07, 6.45) is 2.73. The molecule has 1 N–H and O–H groups in total. The molecule has 0 saturated carbocycles. The van der Waals surface area contributed by atoms with Gasteiger partial charge in [-0.1, -0.05) is 23.7 Å². The summed E-state index contributed by atoms with van der Waals surface area (Å²) in [5.74, 6) is 0.757. The summed E-state index contributed by atoms with van der Waals surface area (Å²) in [6, 6.07) is 8.08. The van der Waals surface area contributed by atoms with E-state index in [1.807, 2.05) is 31.2 Å². The number of piperidine rings is 1. The number of hydrogen-bond donors (Lipinski definition) is 1. The van der Waals surface area contributed by atoms with Gasteiger partial charge in [0.15, 0.2) is 5.65 Å². The third-order valence-corrected chi connectivity index (χ3v) is 6.58. The standard InChI is InChI=1S/C17H20ClN5O2S/c1-11-15(18)17-20-16(13-5-3-4-6-14(13)23(17)21-11)19-12-7-9-22(10-8-12)26(2,24)25/h3-6,12H,7-10H2,1-2H3,(H,19,20). The molecule has 1 fully saturated rings. The molecule has 2 aromatic heterocycles. The minimum atomic E-state index is -3.13. The molecule has 0 amide bonds. The number of anilines is 1. The van der Waals surface area contributed by atoms with Crippen LogP contribution in [0.3, 0.4) is 0 Å². The van der Waals surface area contributed by atoms with Gasteiger partial charge in [0.25, 0.3) is 0 Å². The molecule has 0 spiro atoms. The number of aryl methyl sites for hydroxylation is 1. The fourth-order valence-electron chi connectivity index (χ4n) is 3.42. The van der Waals surface area contributed by atoms with Crippen molar-refractivity contribution in [3.63, 3.8) is 0 Å². The zero-order valence-electron chi connectivity index (χ0n) is 14.6. The zero-order chi connectivity index (χ0) is 18.5. The number of benzene rings is 1. The summed E-state index contributed by atoms with van der Waals surface area (Å²) in [4.78, 5) is 4.71. The first kappa shape index (κ1) is 17.5. The summed E-state index contributed by atoms with van der Waals surface area (Å²) in [5.41, 5.74) is 2.30. The molecular weight excluding hydrogens is 374 g/mol. The van der Waals surface area contributed by atoms with Gasteiger partial charge >= 0.3 is 0 Å². The van der Waals surface area contributed by atoms with E-state index in [1.54, 1.807) is 4.52 Å². The number of nitrogens with zero attached hydrogens (tertiary/aromatic N) is 4. The van der Waals surface area contributed by atoms with Crippen molar-refractivity contribution < 1.29 is 8.42 Å². The maximum atomic E-state index is 11.7. The Balaban J connectivity index is 1.69. The van der Waals surface area contributed by atoms with Crippen molar-refractivity contribution in [2.24, 2.45) is 0 Å². The minimum absolute atomic E-state index is 0.161. The topological polar surface area (TPSA) is 79.6 Å². The number of hydrogen-bond acceptors (Lipinski definition) is 5. The Morgan fingerprint density at radius 1 is 1.23 bits per heavy atom. The van der Waals surface area contributed by atoms with Crippen molar-refractivity contribution >= 4 is 44.0 Å². The molecule has 0 radical (unpaired) electrons. The zero-order valence-corrected chi connectivity index (χ0v) is 16.2. The van der Waals surface area contributed by atoms with Gasteiger partial charge in [0.2, 0.25) is 10.0 Å². The van der Waals surface area contributed by atoms with Crippen molar-refractivity contribution in [3.8, 4) is 0 Å². The van der Waals surface area contributed by atoms with Crippen molar-refractivity contribution in [2.75, 3.05) is 24.7 Å². The summed E-state index contributed by atoms with van der Waals surface area (Å²) in [6.45, 7) is 2.90. The lowest BCUT2D eigenvalue weighted by Gasteiger charge is -2.31. The number of aromatic nitrogens is 3. The van der Waals surface area contributed by atoms with Gasteiger partial charge in [0.05, 0.1) is 17.5 Å². The smallest absolute Gasteiger partial charge is 0.211 e. The molecule has 0 atom stereocenters. The number of sulfonamides is 1. The van der Waals surface area contributed by atoms with Gasteiger partial charge in [-0.3, -0.25) is 0 Å². The fraction of sp³-hybridized carbons (Fsp3) is 0.412. The fourth-order valence-corrected chi connectivity index (χ4v) is 4.45. The second-order valence-corrected chi connectivity index (χ2v) is 9.05. The molecule has 0 unspecified atom stereocenters. The molecule has 0 bridgehead atoms. The lowest BCUT2D eigenvalue weighted by atomic mass is 10.1. The van der Waals surface area contributed by atoms with E-state index in [9.17, 15) is 8.42 Å². The van der Waals surface area contributed by atoms with E-state index in [4.69, 9.17) is 16.6 Å². The quantitative estimate of drug-likeness (QED) is 0.740. The van der Waals surface area contributed by atoms with Gasteiger partial charge < -0.3 is 5.32 Å². The van der Waals surface area contributed by atoms with Gasteiger partial charge in [0.1, 0.15) is 10.8 Å². The molecule has 3 heterocycles. The highest BCUT2D eigenvalue weighted by Gasteiger charge is 2.25. The van der Waals surface area contributed by atoms with Crippen molar-refractivity contribution in [1.82, 2.24) is 18.9 Å². The average Bonchev–Trinajstić information content (AvgIpc) is 2.90. The Morgan fingerprint density at radius 3 is 2.62 bits per heavy atom. The molecule has 138 valence electrons. The molecule has 1 aliphatic rings. The van der Waals surface area contributed by atoms with Gasteiger partial charge in [-0.25, -0.2) is 22.2 Å². The maximum Gasteiger partial charge on any atom is 0.211 e. The largest absolute Gasteiger partial charge is 0.367 e. The van der Waals surface area contributed by atoms with Crippen LogP contribution in [0.4, 0.5) is 5.82 Å². The van der Waals surface area contributed by atoms with E-state index in [0.29, 0.717) is 23.8 Å². The highest BCUT2D eigenvalue weighted by molar-refractivity contribution is 7.88. The van der Waals surface area contributed by atoms with Gasteiger partial charge in [-0.05, 0) is 31.9 Å². The Labute approximate surface area is 157 Å². The minimum Gasteiger partial charge on any atom is -0.367 e. The van der Waals surface area contributed by atoms with Crippen LogP contribution in [0.15, 0.2) is 24.3 Å². The van der Waals surface area contributed by atoms with Gasteiger partial charge in [0, 0.05) is 24.5 Å². The first-order chi connectivity index (χ1) is 12.3. The van der Waals surface area contributed by atoms with Crippen LogP contribution < -0.4 is 5.32 Å². The highest BCUT2D eigenvalue weighted by Crippen LogP contribution is 2.29. The molecule has 7 nitrogen and oxygen atoms in total. The van der Waals surface area contributed by atoms with Crippen LogP contribution in [0, 0.1) is 6.92 Å². The van der Waals surface area contributed by atoms with Crippen LogP contribution in [0.25, 0.3) is 16.6 Å². The molecule has 4 rings (SSSR count). The first-order valence-corrected chi connectivity index (χ1v) is 10.7. The van der Waals surface area contributed by atoms with Crippen LogP contribution in [-0.2, 0) is 10.0 Å². The van der Waals surface area contributed by atoms with Crippen LogP contribution >= 0.6 is 11.6 Å². The van der Waals surface area contributed by atoms with Crippen LogP contribution in [0.5, 0.6) is 0 Å². The van der Waals surface area contributed by atoms with Crippen molar-refractivity contribution in [3.05, 3.63) is 35.0 Å². The summed E-state index contributed by atoms with van der Waals surface area (Å²) >= 11 is 6.38. The second-order valence-electron chi connectivity index (χ2n) is 6.69. The predicted molar refractivity (Wildman–Crippen MR) is 103 cm³/mol. The summed E-state index contributed by atoms with van der Waals surface area (Å²) < 4.78 is 26.7. The van der Waals surface area contributed by atoms with Crippen LogP contribution in [-0.4, -0.2) is 52.7 Å². The molecule has 3 aromatic rings. The van der Waals surface area contributed by atoms with Crippen molar-refractivity contribution in [1.29, 1.82) is 0 Å². The third-order valence-electron chi connectivity index (χ3n) is 4.83. The first-order valence-electron chi connectivity index (χ1n) is 8.50. The monoisotopic (exact) mass is 393 g/mol. The van der Waals surface area contributed by atoms with Gasteiger partial charge in [-0.15, -0.1) is 0 Å². The predicted octanol–water partition coefficient (Wildman–Crippen LogP) is 2.68. The molecular formula is C17H20ClN5O2S. The van der Waals surface area contributed by atoms with E-state index in [-0.39, 0.29) is 6.04 Å². The molecule has 1 saturated heterocycles. The Morgan fingerprint density at radius 2 is 1.92 bits per heavy atom. The molecule has 26 heavy (non-hydrogen) atoms. The van der Waals surface area contributed by atoms with E-state index in [1.165, 1.54) is 10.6 Å². The summed E-state index contributed by atoms with van der Waals surface area (Å²) in [7, 11) is -3.13. The van der Waals surface area contributed by atoms with Crippen LogP contribution in [0.1, 0.15) is 18.5 Å². The van der Waals surface area contributed by atoms with Crippen molar-refractivity contribution in [2.45, 2.75) is 25.8 Å². The molecule has 9 heteroatoms. The van der Waals surface area contributed by atoms with E-state index >= 15 is 0 Å². The maximum absolute atomic E-state index is 11.7. The van der Waals surface area contributed by atoms with E-state index in [2.05, 4.69) is 10.4 Å². The highest BCUT2D eigenvalue weighted by atomic mass is 35.5. The average molecular weight is 394 g/mol. The van der Waals surface area contributed by atoms with Crippen LogP contribution in [0.2, 0.25) is 5.02 Å². The Hall–Kier alpha value is -1.90. The lowest BCUT2D eigenvalue weighted by molar-refractivity contribution is 0.331. The number of nitrogens with one attached hydrogen (secondary N) is 1. The Bertz CT molecular complexity index is 1090. The Kier molecular flexibility index (Phi) is 4.29. The third kappa shape index (κ3) is 3.02. The second kappa shape index (κ2) is 6.37. The van der Waals surface area contributed by atoms with E-state index < -0.39 is 10.0 Å². The summed E-state index contributed by atoms with van der Waals surface area (Å²) in [5, 5.41) is 9.49. The number of rotatable bonds is 3. The number of fused-ring (bicyclic) bond motifs is 3. The normalized spacial score (nSPS) is 17.2.